The number of carbonyl (C=O) groups is 1. The minimum Gasteiger partial charge on any atom is -0.465 e. The number of methoxy groups -OCH3 is 1. The predicted molar refractivity (Wildman–Crippen MR) is 90.3 cm³/mol. The molecule has 0 aliphatic heterocycles. The zero-order valence-electron chi connectivity index (χ0n) is 12.8. The number of rotatable bonds is 4. The van der Waals surface area contributed by atoms with Gasteiger partial charge in [-0.15, -0.1) is 0 Å². The fraction of sp³-hybridized carbons (Fsp3) is 0.0588. The van der Waals surface area contributed by atoms with E-state index in [1.54, 1.807) is 30.3 Å². The molecule has 1 aromatic heterocycles. The molecule has 0 spiro atoms. The van der Waals surface area contributed by atoms with Gasteiger partial charge in [0.05, 0.1) is 18.4 Å². The van der Waals surface area contributed by atoms with Gasteiger partial charge in [0.25, 0.3) is 10.0 Å². The SMILES string of the molecule is COC(=O)c1c(NS(=O)(=O)c2ccccn2)ccc2ccccc12. The van der Waals surface area contributed by atoms with E-state index in [0.717, 1.165) is 5.39 Å². The van der Waals surface area contributed by atoms with Gasteiger partial charge in [-0.05, 0) is 29.0 Å². The predicted octanol–water partition coefficient (Wildman–Crippen LogP) is 2.82. The van der Waals surface area contributed by atoms with Crippen molar-refractivity contribution in [1.29, 1.82) is 0 Å². The van der Waals surface area contributed by atoms with Crippen molar-refractivity contribution in [3.63, 3.8) is 0 Å². The first-order valence-corrected chi connectivity index (χ1v) is 8.55. The van der Waals surface area contributed by atoms with Gasteiger partial charge in [0.2, 0.25) is 0 Å². The maximum Gasteiger partial charge on any atom is 0.340 e. The van der Waals surface area contributed by atoms with Crippen LogP contribution in [0.5, 0.6) is 0 Å². The Kier molecular flexibility index (Phi) is 4.18. The topological polar surface area (TPSA) is 85.4 Å². The van der Waals surface area contributed by atoms with Crippen molar-refractivity contribution in [2.24, 2.45) is 0 Å². The molecular formula is C17H14N2O4S. The van der Waals surface area contributed by atoms with Crippen LogP contribution in [0.4, 0.5) is 5.69 Å². The van der Waals surface area contributed by atoms with Crippen molar-refractivity contribution in [3.05, 3.63) is 66.4 Å². The third kappa shape index (κ3) is 2.93. The number of benzene rings is 2. The Balaban J connectivity index is 2.15. The number of nitrogens with one attached hydrogen (secondary N) is 1. The molecule has 6 nitrogen and oxygen atoms in total. The number of ether oxygens (including phenoxy) is 1. The average molecular weight is 342 g/mol. The molecule has 0 amide bonds. The lowest BCUT2D eigenvalue weighted by Crippen LogP contribution is -2.17. The summed E-state index contributed by atoms with van der Waals surface area (Å²) in [6.45, 7) is 0. The van der Waals surface area contributed by atoms with E-state index < -0.39 is 16.0 Å². The standard InChI is InChI=1S/C17H14N2O4S/c1-23-17(20)16-13-7-3-2-6-12(13)9-10-14(16)19-24(21,22)15-8-4-5-11-18-15/h2-11,19H,1H3. The fourth-order valence-electron chi connectivity index (χ4n) is 2.38. The Morgan fingerprint density at radius 2 is 1.79 bits per heavy atom. The average Bonchev–Trinajstić information content (AvgIpc) is 2.61. The van der Waals surface area contributed by atoms with E-state index in [4.69, 9.17) is 4.74 Å². The second-order valence-electron chi connectivity index (χ2n) is 4.97. The van der Waals surface area contributed by atoms with Gasteiger partial charge in [-0.3, -0.25) is 4.72 Å². The number of nitrogens with zero attached hydrogens (tertiary/aromatic N) is 1. The second-order valence-corrected chi connectivity index (χ2v) is 6.60. The highest BCUT2D eigenvalue weighted by Gasteiger charge is 2.22. The number of esters is 1. The van der Waals surface area contributed by atoms with E-state index >= 15 is 0 Å². The van der Waals surface area contributed by atoms with Crippen molar-refractivity contribution >= 4 is 32.5 Å². The molecule has 0 unspecified atom stereocenters. The van der Waals surface area contributed by atoms with Crippen LogP contribution in [-0.4, -0.2) is 26.5 Å². The van der Waals surface area contributed by atoms with Crippen LogP contribution in [0.1, 0.15) is 10.4 Å². The van der Waals surface area contributed by atoms with Gasteiger partial charge in [0.1, 0.15) is 0 Å². The Hall–Kier alpha value is -2.93. The minimum atomic E-state index is -3.92. The molecule has 0 atom stereocenters. The van der Waals surface area contributed by atoms with E-state index in [1.807, 2.05) is 12.1 Å². The highest BCUT2D eigenvalue weighted by atomic mass is 32.2. The minimum absolute atomic E-state index is 0.131. The number of aromatic nitrogens is 1. The van der Waals surface area contributed by atoms with Crippen LogP contribution in [-0.2, 0) is 14.8 Å². The van der Waals surface area contributed by atoms with Crippen LogP contribution in [0, 0.1) is 0 Å². The molecule has 2 aromatic carbocycles. The Bertz CT molecular complexity index is 1000. The van der Waals surface area contributed by atoms with E-state index in [0.29, 0.717) is 5.39 Å². The smallest absolute Gasteiger partial charge is 0.340 e. The number of fused-ring (bicyclic) bond motifs is 1. The molecule has 0 fully saturated rings. The van der Waals surface area contributed by atoms with Crippen LogP contribution in [0.2, 0.25) is 0 Å². The zero-order valence-corrected chi connectivity index (χ0v) is 13.6. The second kappa shape index (κ2) is 6.29. The molecule has 7 heteroatoms. The van der Waals surface area contributed by atoms with E-state index in [-0.39, 0.29) is 16.3 Å². The van der Waals surface area contributed by atoms with Crippen LogP contribution in [0.15, 0.2) is 65.8 Å². The molecular weight excluding hydrogens is 328 g/mol. The van der Waals surface area contributed by atoms with E-state index in [9.17, 15) is 13.2 Å². The number of sulfonamides is 1. The van der Waals surface area contributed by atoms with Gasteiger partial charge in [0.15, 0.2) is 5.03 Å². The molecule has 1 N–H and O–H groups in total. The van der Waals surface area contributed by atoms with Gasteiger partial charge >= 0.3 is 5.97 Å². The summed E-state index contributed by atoms with van der Waals surface area (Å²) in [6, 6.07) is 15.0. The van der Waals surface area contributed by atoms with Gasteiger partial charge in [-0.2, -0.15) is 8.42 Å². The molecule has 0 aliphatic carbocycles. The Labute approximate surface area is 139 Å². The number of pyridine rings is 1. The maximum atomic E-state index is 12.5. The van der Waals surface area contributed by atoms with Gasteiger partial charge in [-0.1, -0.05) is 36.4 Å². The third-order valence-corrected chi connectivity index (χ3v) is 4.76. The third-order valence-electron chi connectivity index (χ3n) is 3.48. The van der Waals surface area contributed by atoms with Crippen molar-refractivity contribution in [2.75, 3.05) is 11.8 Å². The van der Waals surface area contributed by atoms with Crippen LogP contribution >= 0.6 is 0 Å². The molecule has 0 bridgehead atoms. The lowest BCUT2D eigenvalue weighted by atomic mass is 10.0. The molecule has 3 aromatic rings. The quantitative estimate of drug-likeness (QED) is 0.737. The summed E-state index contributed by atoms with van der Waals surface area (Å²) >= 11 is 0. The number of hydrogen-bond donors (Lipinski definition) is 1. The van der Waals surface area contributed by atoms with Crippen LogP contribution < -0.4 is 4.72 Å². The molecule has 0 radical (unpaired) electrons. The Morgan fingerprint density at radius 1 is 1.04 bits per heavy atom. The number of hydrogen-bond acceptors (Lipinski definition) is 5. The Morgan fingerprint density at radius 3 is 2.50 bits per heavy atom. The summed E-state index contributed by atoms with van der Waals surface area (Å²) in [4.78, 5) is 16.0. The molecule has 0 saturated heterocycles. The fourth-order valence-corrected chi connectivity index (χ4v) is 3.40. The first-order chi connectivity index (χ1) is 11.5. The normalized spacial score (nSPS) is 11.2. The lowest BCUT2D eigenvalue weighted by Gasteiger charge is -2.13. The van der Waals surface area contributed by atoms with Gasteiger partial charge < -0.3 is 4.74 Å². The summed E-state index contributed by atoms with van der Waals surface area (Å²) in [5.74, 6) is -0.620. The summed E-state index contributed by atoms with van der Waals surface area (Å²) < 4.78 is 32.2. The lowest BCUT2D eigenvalue weighted by molar-refractivity contribution is 0.0604. The van der Waals surface area contributed by atoms with Crippen molar-refractivity contribution in [3.8, 4) is 0 Å². The largest absolute Gasteiger partial charge is 0.465 e. The van der Waals surface area contributed by atoms with Crippen LogP contribution in [0.3, 0.4) is 0 Å². The highest BCUT2D eigenvalue weighted by Crippen LogP contribution is 2.28. The molecule has 0 saturated carbocycles. The first kappa shape index (κ1) is 15.9. The number of anilines is 1. The maximum absolute atomic E-state index is 12.5. The molecule has 24 heavy (non-hydrogen) atoms. The molecule has 1 heterocycles. The van der Waals surface area contributed by atoms with Gasteiger partial charge in [0, 0.05) is 6.20 Å². The zero-order chi connectivity index (χ0) is 17.2. The monoisotopic (exact) mass is 342 g/mol. The van der Waals surface area contributed by atoms with Crippen molar-refractivity contribution < 1.29 is 17.9 Å². The summed E-state index contributed by atoms with van der Waals surface area (Å²) in [7, 11) is -2.66. The van der Waals surface area contributed by atoms with Gasteiger partial charge in [-0.25, -0.2) is 9.78 Å². The van der Waals surface area contributed by atoms with Crippen molar-refractivity contribution in [1.82, 2.24) is 4.98 Å². The van der Waals surface area contributed by atoms with Crippen molar-refractivity contribution in [2.45, 2.75) is 5.03 Å². The van der Waals surface area contributed by atoms with E-state index in [1.165, 1.54) is 25.4 Å². The summed E-state index contributed by atoms with van der Waals surface area (Å²) in [5, 5.41) is 1.28. The molecule has 0 aliphatic rings. The van der Waals surface area contributed by atoms with E-state index in [2.05, 4.69) is 9.71 Å². The highest BCUT2D eigenvalue weighted by molar-refractivity contribution is 7.92. The molecule has 122 valence electrons. The first-order valence-electron chi connectivity index (χ1n) is 7.07. The summed E-state index contributed by atoms with van der Waals surface area (Å²) in [5.41, 5.74) is 0.307. The molecule has 3 rings (SSSR count). The van der Waals surface area contributed by atoms with Crippen LogP contribution in [0.25, 0.3) is 10.8 Å². The number of carbonyl (C=O) groups excluding carboxylic acids is 1. The summed E-state index contributed by atoms with van der Waals surface area (Å²) in [6.07, 6.45) is 1.39.